The Morgan fingerprint density at radius 3 is 1.50 bits per heavy atom. The van der Waals surface area contributed by atoms with E-state index in [1.54, 1.807) is 0 Å². The van der Waals surface area contributed by atoms with Crippen molar-refractivity contribution in [3.63, 3.8) is 0 Å². The first-order chi connectivity index (χ1) is 2.00. The minimum absolute atomic E-state index is 0. The second-order valence-electron chi connectivity index (χ2n) is 0.435. The van der Waals surface area contributed by atoms with Crippen LogP contribution in [-0.2, 0) is 4.57 Å². The van der Waals surface area contributed by atoms with Crippen molar-refractivity contribution in [1.82, 2.24) is 0 Å². The molecule has 1 radical (unpaired) electrons. The zero-order valence-electron chi connectivity index (χ0n) is 3.06. The van der Waals surface area contributed by atoms with Gasteiger partial charge in [-0.05, 0) is 0 Å². The third-order valence-electron chi connectivity index (χ3n) is 0. The molecule has 0 fully saturated rings. The third kappa shape index (κ3) is 148. The Bertz CT molecular complexity index is 57.7. The number of hydrogen-bond donors (Lipinski definition) is 1. The summed E-state index contributed by atoms with van der Waals surface area (Å²) in [6.45, 7) is 0. The molecule has 2 nitrogen and oxygen atoms in total. The van der Waals surface area contributed by atoms with Gasteiger partial charge in [0.2, 0.25) is 0 Å². The van der Waals surface area contributed by atoms with Crippen LogP contribution in [-0.4, -0.2) is 23.8 Å². The summed E-state index contributed by atoms with van der Waals surface area (Å²) in [7, 11) is -5.64. The molecule has 0 aromatic heterocycles. The van der Waals surface area contributed by atoms with E-state index in [9.17, 15) is 8.39 Å². The summed E-state index contributed by atoms with van der Waals surface area (Å²) < 4.78 is 28.7. The van der Waals surface area contributed by atoms with E-state index in [2.05, 4.69) is 0 Å². The summed E-state index contributed by atoms with van der Waals surface area (Å²) in [4.78, 5) is 6.74. The quantitative estimate of drug-likeness (QED) is 0.366. The first-order valence-corrected chi connectivity index (χ1v) is 2.16. The average Bonchev–Trinajstić information content (AvgIpc) is 0.722. The van der Waals surface area contributed by atoms with E-state index in [-0.39, 0.29) is 18.9 Å². The standard InChI is InChI=1S/F2HO2P.Li/c1-5(2,3)4;/h(H,3,4);. The number of hydrogen-bond acceptors (Lipinski definition) is 1. The van der Waals surface area contributed by atoms with Gasteiger partial charge >= 0.3 is 7.99 Å². The fraction of sp³-hybridized carbons (Fsp3) is 0. The summed E-state index contributed by atoms with van der Waals surface area (Å²) >= 11 is 0. The molecule has 0 saturated heterocycles. The summed E-state index contributed by atoms with van der Waals surface area (Å²) in [5.41, 5.74) is 0. The normalized spacial score (nSPS) is 9.83. The van der Waals surface area contributed by atoms with Gasteiger partial charge in [-0.25, -0.2) is 4.57 Å². The second kappa shape index (κ2) is 2.76. The topological polar surface area (TPSA) is 37.3 Å². The van der Waals surface area contributed by atoms with E-state index in [1.807, 2.05) is 0 Å². The van der Waals surface area contributed by atoms with Crippen molar-refractivity contribution in [2.24, 2.45) is 0 Å². The third-order valence-corrected chi connectivity index (χ3v) is 0. The van der Waals surface area contributed by atoms with Crippen LogP contribution in [0.3, 0.4) is 0 Å². The van der Waals surface area contributed by atoms with Crippen LogP contribution in [0.25, 0.3) is 0 Å². The average molecular weight is 109 g/mol. The van der Waals surface area contributed by atoms with Crippen molar-refractivity contribution in [2.75, 3.05) is 0 Å². The van der Waals surface area contributed by atoms with Gasteiger partial charge in [0.15, 0.2) is 0 Å². The molecule has 0 saturated carbocycles. The largest absolute Gasteiger partial charge is 0.549 e. The van der Waals surface area contributed by atoms with Gasteiger partial charge in [0.1, 0.15) is 0 Å². The number of halogens is 2. The molecule has 0 spiro atoms. The second-order valence-corrected chi connectivity index (χ2v) is 1.30. The van der Waals surface area contributed by atoms with Crippen LogP contribution in [0.1, 0.15) is 0 Å². The molecule has 0 unspecified atom stereocenters. The first-order valence-electron chi connectivity index (χ1n) is 0.721. The molecule has 0 bridgehead atoms. The van der Waals surface area contributed by atoms with Gasteiger partial charge in [0.25, 0.3) is 0 Å². The van der Waals surface area contributed by atoms with E-state index in [0.717, 1.165) is 0 Å². The van der Waals surface area contributed by atoms with Crippen molar-refractivity contribution in [1.29, 1.82) is 0 Å². The van der Waals surface area contributed by atoms with Crippen LogP contribution in [0.2, 0.25) is 0 Å². The summed E-state index contributed by atoms with van der Waals surface area (Å²) in [6, 6.07) is 0. The van der Waals surface area contributed by atoms with Crippen molar-refractivity contribution in [3.05, 3.63) is 0 Å². The molecule has 1 N–H and O–H groups in total. The van der Waals surface area contributed by atoms with Gasteiger partial charge in [0, 0.05) is 18.9 Å². The fourth-order valence-corrected chi connectivity index (χ4v) is 0. The molecule has 0 atom stereocenters. The smallest absolute Gasteiger partial charge is 0.296 e. The van der Waals surface area contributed by atoms with Crippen LogP contribution in [0.4, 0.5) is 8.39 Å². The molecule has 0 aliphatic carbocycles. The van der Waals surface area contributed by atoms with E-state index < -0.39 is 7.99 Å². The minimum atomic E-state index is -5.64. The monoisotopic (exact) mass is 109 g/mol. The van der Waals surface area contributed by atoms with Gasteiger partial charge in [-0.1, -0.05) is 0 Å². The van der Waals surface area contributed by atoms with Crippen molar-refractivity contribution in [3.8, 4) is 0 Å². The van der Waals surface area contributed by atoms with E-state index in [0.29, 0.717) is 0 Å². The zero-order valence-corrected chi connectivity index (χ0v) is 3.95. The maximum Gasteiger partial charge on any atom is 0.549 e. The van der Waals surface area contributed by atoms with Gasteiger partial charge in [-0.3, -0.25) is 4.89 Å². The number of rotatable bonds is 0. The Labute approximate surface area is 45.4 Å². The van der Waals surface area contributed by atoms with Crippen LogP contribution in [0.5, 0.6) is 0 Å². The molecule has 0 amide bonds. The molecule has 0 aromatic carbocycles. The fourth-order valence-electron chi connectivity index (χ4n) is 0. The van der Waals surface area contributed by atoms with E-state index in [1.165, 1.54) is 0 Å². The molecule has 0 heterocycles. The molecule has 0 aliphatic heterocycles. The van der Waals surface area contributed by atoms with Gasteiger partial charge in [-0.15, -0.1) is 8.39 Å². The molecular weight excluding hydrogens is 108 g/mol. The van der Waals surface area contributed by atoms with E-state index >= 15 is 0 Å². The Balaban J connectivity index is 0. The summed E-state index contributed by atoms with van der Waals surface area (Å²) in [5, 5.41) is 0. The molecule has 0 aromatic rings. The molecule has 0 rings (SSSR count). The van der Waals surface area contributed by atoms with Crippen LogP contribution in [0, 0.1) is 0 Å². The summed E-state index contributed by atoms with van der Waals surface area (Å²) in [5.74, 6) is 0. The Hall–Kier alpha value is 0.647. The summed E-state index contributed by atoms with van der Waals surface area (Å²) in [6.07, 6.45) is 0. The van der Waals surface area contributed by atoms with Crippen LogP contribution < -0.4 is 0 Å². The van der Waals surface area contributed by atoms with Crippen LogP contribution >= 0.6 is 7.99 Å². The molecule has 33 valence electrons. The van der Waals surface area contributed by atoms with Crippen molar-refractivity contribution < 1.29 is 17.9 Å². The van der Waals surface area contributed by atoms with Gasteiger partial charge in [0.05, 0.1) is 0 Å². The zero-order chi connectivity index (χ0) is 4.50. The Kier molecular flexibility index (Phi) is 4.52. The van der Waals surface area contributed by atoms with Gasteiger partial charge < -0.3 is 0 Å². The first kappa shape index (κ1) is 9.82. The molecular formula is HF2LiO2P. The van der Waals surface area contributed by atoms with E-state index in [4.69, 9.17) is 9.46 Å². The molecule has 6 heavy (non-hydrogen) atoms. The van der Waals surface area contributed by atoms with Gasteiger partial charge in [-0.2, -0.15) is 0 Å². The SMILES string of the molecule is O=P(O)(F)F.[Li]. The predicted molar refractivity (Wildman–Crippen MR) is 17.8 cm³/mol. The molecule has 6 heteroatoms. The minimum Gasteiger partial charge on any atom is -0.296 e. The van der Waals surface area contributed by atoms with Crippen LogP contribution in [0.15, 0.2) is 0 Å². The maximum atomic E-state index is 10.1. The predicted octanol–water partition coefficient (Wildman–Crippen LogP) is 0.645. The van der Waals surface area contributed by atoms with Crippen molar-refractivity contribution in [2.45, 2.75) is 0 Å². The Morgan fingerprint density at radius 1 is 1.50 bits per heavy atom. The maximum absolute atomic E-state index is 10.1. The van der Waals surface area contributed by atoms with Crippen molar-refractivity contribution >= 4 is 26.9 Å². The molecule has 0 aliphatic rings. The Morgan fingerprint density at radius 2 is 1.50 bits per heavy atom.